The molecule has 7 nitrogen and oxygen atoms in total. The molecule has 0 aliphatic carbocycles. The van der Waals surface area contributed by atoms with Crippen molar-refractivity contribution >= 4 is 51.3 Å². The highest BCUT2D eigenvalue weighted by Gasteiger charge is 2.23. The fourth-order valence-corrected chi connectivity index (χ4v) is 6.30. The number of amides is 1. The van der Waals surface area contributed by atoms with Crippen molar-refractivity contribution < 1.29 is 19.1 Å². The molecule has 0 saturated heterocycles. The maximum Gasteiger partial charge on any atom is 0.341 e. The summed E-state index contributed by atoms with van der Waals surface area (Å²) >= 11 is 4.07. The third-order valence-electron chi connectivity index (χ3n) is 5.73. The molecule has 1 N–H and O–H groups in total. The van der Waals surface area contributed by atoms with Gasteiger partial charge in [0.15, 0.2) is 0 Å². The van der Waals surface area contributed by atoms with Gasteiger partial charge in [-0.05, 0) is 61.5 Å². The number of thioether (sulfide) groups is 1. The Hall–Kier alpha value is -3.65. The van der Waals surface area contributed by atoms with E-state index in [2.05, 4.69) is 11.4 Å². The number of benzene rings is 1. The van der Waals surface area contributed by atoms with Crippen molar-refractivity contribution in [2.75, 3.05) is 24.8 Å². The SMILES string of the molecule is CCOC(=O)c1c(NC(=O)CSc2nc(-c3cccs3)cc(-c3ccc(OC)cc3)c2C#N)sc(C)c1C. The van der Waals surface area contributed by atoms with Crippen LogP contribution in [0.5, 0.6) is 5.75 Å². The number of aromatic nitrogens is 1. The highest BCUT2D eigenvalue weighted by atomic mass is 32.2. The van der Waals surface area contributed by atoms with Gasteiger partial charge in [-0.1, -0.05) is 30.0 Å². The van der Waals surface area contributed by atoms with Crippen molar-refractivity contribution in [2.45, 2.75) is 25.8 Å². The predicted octanol–water partition coefficient (Wildman–Crippen LogP) is 6.94. The first-order chi connectivity index (χ1) is 18.4. The number of rotatable bonds is 9. The molecule has 4 aromatic rings. The summed E-state index contributed by atoms with van der Waals surface area (Å²) in [5.74, 6) is -0.0403. The van der Waals surface area contributed by atoms with Crippen molar-refractivity contribution in [3.05, 3.63) is 69.4 Å². The molecule has 0 radical (unpaired) electrons. The summed E-state index contributed by atoms with van der Waals surface area (Å²) in [5, 5.41) is 15.8. The van der Waals surface area contributed by atoms with Crippen LogP contribution in [0.15, 0.2) is 52.9 Å². The fourth-order valence-electron chi connectivity index (χ4n) is 3.74. The lowest BCUT2D eigenvalue weighted by molar-refractivity contribution is -0.113. The molecule has 10 heteroatoms. The number of methoxy groups -OCH3 is 1. The Morgan fingerprint density at radius 3 is 2.58 bits per heavy atom. The summed E-state index contributed by atoms with van der Waals surface area (Å²) in [6, 6.07) is 15.6. The fraction of sp³-hybridized carbons (Fsp3) is 0.214. The molecule has 3 heterocycles. The van der Waals surface area contributed by atoms with Crippen LogP contribution in [-0.4, -0.2) is 36.3 Å². The summed E-state index contributed by atoms with van der Waals surface area (Å²) in [7, 11) is 1.60. The highest BCUT2D eigenvalue weighted by Crippen LogP contribution is 2.37. The first kappa shape index (κ1) is 27.4. The van der Waals surface area contributed by atoms with E-state index in [9.17, 15) is 14.9 Å². The zero-order chi connectivity index (χ0) is 27.2. The minimum absolute atomic E-state index is 0.00981. The minimum Gasteiger partial charge on any atom is -0.497 e. The number of nitrogens with zero attached hydrogens (tertiary/aromatic N) is 2. The Morgan fingerprint density at radius 1 is 1.18 bits per heavy atom. The quantitative estimate of drug-likeness (QED) is 0.174. The molecule has 0 unspecified atom stereocenters. The summed E-state index contributed by atoms with van der Waals surface area (Å²) in [5.41, 5.74) is 3.86. The van der Waals surface area contributed by atoms with Crippen LogP contribution < -0.4 is 10.1 Å². The summed E-state index contributed by atoms with van der Waals surface area (Å²) in [4.78, 5) is 32.1. The number of thiophene rings is 2. The lowest BCUT2D eigenvalue weighted by Gasteiger charge is -2.12. The number of ether oxygens (including phenoxy) is 2. The molecule has 1 aromatic carbocycles. The van der Waals surface area contributed by atoms with Crippen molar-refractivity contribution in [1.29, 1.82) is 5.26 Å². The molecular formula is C28H25N3O4S3. The van der Waals surface area contributed by atoms with Crippen LogP contribution in [-0.2, 0) is 9.53 Å². The maximum absolute atomic E-state index is 13.0. The first-order valence-electron chi connectivity index (χ1n) is 11.7. The first-order valence-corrected chi connectivity index (χ1v) is 14.4. The second-order valence-corrected chi connectivity index (χ2v) is 11.2. The molecule has 1 amide bonds. The van der Waals surface area contributed by atoms with E-state index in [0.717, 1.165) is 32.1 Å². The monoisotopic (exact) mass is 563 g/mol. The van der Waals surface area contributed by atoms with Crippen LogP contribution in [0, 0.1) is 25.2 Å². The number of anilines is 1. The zero-order valence-electron chi connectivity index (χ0n) is 21.3. The van der Waals surface area contributed by atoms with E-state index in [1.54, 1.807) is 25.4 Å². The van der Waals surface area contributed by atoms with E-state index < -0.39 is 5.97 Å². The Balaban J connectivity index is 1.64. The second kappa shape index (κ2) is 12.3. The summed E-state index contributed by atoms with van der Waals surface area (Å²) in [6.07, 6.45) is 0. The topological polar surface area (TPSA) is 101 Å². The van der Waals surface area contributed by atoms with E-state index in [0.29, 0.717) is 26.9 Å². The van der Waals surface area contributed by atoms with Crippen LogP contribution in [0.3, 0.4) is 0 Å². The summed E-state index contributed by atoms with van der Waals surface area (Å²) in [6.45, 7) is 5.72. The molecule has 0 saturated carbocycles. The Morgan fingerprint density at radius 2 is 1.95 bits per heavy atom. The number of pyridine rings is 1. The number of nitriles is 1. The molecule has 0 spiro atoms. The molecule has 0 aliphatic heterocycles. The third kappa shape index (κ3) is 5.91. The van der Waals surface area contributed by atoms with E-state index in [-0.39, 0.29) is 18.3 Å². The van der Waals surface area contributed by atoms with Gasteiger partial charge >= 0.3 is 5.97 Å². The average molecular weight is 564 g/mol. The molecule has 38 heavy (non-hydrogen) atoms. The molecule has 194 valence electrons. The number of carbonyl (C=O) groups excluding carboxylic acids is 2. The van der Waals surface area contributed by atoms with Crippen molar-refractivity contribution in [3.63, 3.8) is 0 Å². The highest BCUT2D eigenvalue weighted by molar-refractivity contribution is 8.00. The van der Waals surface area contributed by atoms with Crippen molar-refractivity contribution in [3.8, 4) is 33.5 Å². The number of hydrogen-bond acceptors (Lipinski definition) is 9. The molecule has 0 atom stereocenters. The zero-order valence-corrected chi connectivity index (χ0v) is 23.7. The van der Waals surface area contributed by atoms with E-state index in [1.807, 2.05) is 61.7 Å². The van der Waals surface area contributed by atoms with Gasteiger partial charge in [0.1, 0.15) is 21.8 Å². The van der Waals surface area contributed by atoms with E-state index >= 15 is 0 Å². The Kier molecular flexibility index (Phi) is 8.84. The van der Waals surface area contributed by atoms with Gasteiger partial charge in [0.2, 0.25) is 5.91 Å². The molecular weight excluding hydrogens is 539 g/mol. The maximum atomic E-state index is 13.0. The van der Waals surface area contributed by atoms with E-state index in [4.69, 9.17) is 14.5 Å². The molecule has 0 fully saturated rings. The third-order valence-corrected chi connectivity index (χ3v) is 8.72. The molecule has 0 aliphatic rings. The van der Waals surface area contributed by atoms with E-state index in [1.165, 1.54) is 23.1 Å². The van der Waals surface area contributed by atoms with Crippen LogP contribution in [0.2, 0.25) is 0 Å². The van der Waals surface area contributed by atoms with Crippen LogP contribution in [0.25, 0.3) is 21.7 Å². The van der Waals surface area contributed by atoms with Gasteiger partial charge in [0.25, 0.3) is 0 Å². The van der Waals surface area contributed by atoms with Crippen molar-refractivity contribution in [2.24, 2.45) is 0 Å². The minimum atomic E-state index is -0.460. The lowest BCUT2D eigenvalue weighted by atomic mass is 10.0. The normalized spacial score (nSPS) is 10.6. The summed E-state index contributed by atoms with van der Waals surface area (Å²) < 4.78 is 10.5. The standard InChI is InChI=1S/C28H25N3O4S3/c1-5-35-28(33)25-16(2)17(3)38-27(25)31-24(32)15-37-26-21(14-29)20(18-8-10-19(34-4)11-9-18)13-22(30-26)23-7-6-12-36-23/h6-13H,5,15H2,1-4H3,(H,31,32). The number of hydrogen-bond donors (Lipinski definition) is 1. The van der Waals surface area contributed by atoms with Gasteiger partial charge in [0.05, 0.1) is 41.2 Å². The van der Waals surface area contributed by atoms with Gasteiger partial charge in [-0.3, -0.25) is 4.79 Å². The Labute approximate surface area is 233 Å². The van der Waals surface area contributed by atoms with Gasteiger partial charge in [-0.15, -0.1) is 22.7 Å². The second-order valence-electron chi connectivity index (χ2n) is 8.10. The van der Waals surface area contributed by atoms with Crippen LogP contribution in [0.4, 0.5) is 5.00 Å². The van der Waals surface area contributed by atoms with Crippen LogP contribution in [0.1, 0.15) is 33.3 Å². The van der Waals surface area contributed by atoms with Crippen molar-refractivity contribution in [1.82, 2.24) is 4.98 Å². The predicted molar refractivity (Wildman–Crippen MR) is 153 cm³/mol. The molecule has 4 rings (SSSR count). The number of nitrogens with one attached hydrogen (secondary N) is 1. The largest absolute Gasteiger partial charge is 0.497 e. The smallest absolute Gasteiger partial charge is 0.341 e. The molecule has 0 bridgehead atoms. The van der Waals surface area contributed by atoms with Gasteiger partial charge in [-0.25, -0.2) is 9.78 Å². The van der Waals surface area contributed by atoms with Crippen LogP contribution >= 0.6 is 34.4 Å². The van der Waals surface area contributed by atoms with Gasteiger partial charge in [0, 0.05) is 10.4 Å². The Bertz CT molecular complexity index is 1500. The lowest BCUT2D eigenvalue weighted by Crippen LogP contribution is -2.16. The number of carbonyl (C=O) groups is 2. The average Bonchev–Trinajstić information content (AvgIpc) is 3.55. The van der Waals surface area contributed by atoms with Gasteiger partial charge in [-0.2, -0.15) is 5.26 Å². The van der Waals surface area contributed by atoms with Gasteiger partial charge < -0.3 is 14.8 Å². The molecule has 3 aromatic heterocycles. The number of esters is 1. The number of aryl methyl sites for hydroxylation is 1.